The summed E-state index contributed by atoms with van der Waals surface area (Å²) in [5, 5.41) is 3.58. The van der Waals surface area contributed by atoms with E-state index >= 15 is 0 Å². The second kappa shape index (κ2) is 5.05. The zero-order valence-corrected chi connectivity index (χ0v) is 11.6. The maximum atomic E-state index is 4.48. The van der Waals surface area contributed by atoms with Crippen LogP contribution in [0, 0.1) is 0 Å². The molecule has 0 saturated carbocycles. The first-order valence-corrected chi connectivity index (χ1v) is 7.19. The fraction of sp³-hybridized carbons (Fsp3) is 0.176. The number of aryl methyl sites for hydroxylation is 1. The summed E-state index contributed by atoms with van der Waals surface area (Å²) in [6.45, 7) is 0. The van der Waals surface area contributed by atoms with Gasteiger partial charge in [-0.05, 0) is 36.1 Å². The highest BCUT2D eigenvalue weighted by atomic mass is 15.1. The Balaban J connectivity index is 1.53. The summed E-state index contributed by atoms with van der Waals surface area (Å²) in [6, 6.07) is 13.1. The molecule has 3 aromatic rings. The first kappa shape index (κ1) is 12.1. The largest absolute Gasteiger partial charge is 0.377 e. The fourth-order valence-electron chi connectivity index (χ4n) is 2.93. The molecule has 0 fully saturated rings. The van der Waals surface area contributed by atoms with Crippen LogP contribution in [0.25, 0.3) is 5.82 Å². The summed E-state index contributed by atoms with van der Waals surface area (Å²) in [4.78, 5) is 8.52. The van der Waals surface area contributed by atoms with E-state index in [4.69, 9.17) is 0 Å². The number of anilines is 1. The van der Waals surface area contributed by atoms with Crippen molar-refractivity contribution in [3.63, 3.8) is 0 Å². The van der Waals surface area contributed by atoms with Gasteiger partial charge >= 0.3 is 0 Å². The fourth-order valence-corrected chi connectivity index (χ4v) is 2.93. The summed E-state index contributed by atoms with van der Waals surface area (Å²) >= 11 is 0. The van der Waals surface area contributed by atoms with Crippen molar-refractivity contribution in [2.24, 2.45) is 0 Å². The van der Waals surface area contributed by atoms with Crippen LogP contribution >= 0.6 is 0 Å². The molecule has 1 atom stereocenters. The Morgan fingerprint density at radius 1 is 1.14 bits per heavy atom. The molecule has 1 aliphatic rings. The summed E-state index contributed by atoms with van der Waals surface area (Å²) in [5.41, 5.74) is 3.93. The molecule has 2 aromatic heterocycles. The van der Waals surface area contributed by atoms with Crippen LogP contribution in [-0.2, 0) is 6.42 Å². The average molecular weight is 276 g/mol. The monoisotopic (exact) mass is 276 g/mol. The van der Waals surface area contributed by atoms with Crippen molar-refractivity contribution in [2.45, 2.75) is 18.9 Å². The highest BCUT2D eigenvalue weighted by Gasteiger charge is 2.21. The Bertz CT molecular complexity index is 732. The van der Waals surface area contributed by atoms with Gasteiger partial charge in [0, 0.05) is 12.4 Å². The Morgan fingerprint density at radius 3 is 2.90 bits per heavy atom. The Kier molecular flexibility index (Phi) is 2.92. The van der Waals surface area contributed by atoms with Gasteiger partial charge in [-0.15, -0.1) is 0 Å². The molecule has 104 valence electrons. The van der Waals surface area contributed by atoms with Gasteiger partial charge in [-0.1, -0.05) is 24.3 Å². The molecule has 21 heavy (non-hydrogen) atoms. The third-order valence-corrected chi connectivity index (χ3v) is 3.99. The van der Waals surface area contributed by atoms with Crippen molar-refractivity contribution < 1.29 is 0 Å². The van der Waals surface area contributed by atoms with Crippen LogP contribution in [0.15, 0.2) is 61.3 Å². The highest BCUT2D eigenvalue weighted by Crippen LogP contribution is 2.33. The van der Waals surface area contributed by atoms with Crippen LogP contribution in [0.4, 0.5) is 5.69 Å². The van der Waals surface area contributed by atoms with E-state index in [9.17, 15) is 0 Å². The molecule has 4 heteroatoms. The van der Waals surface area contributed by atoms with E-state index in [1.165, 1.54) is 11.1 Å². The van der Waals surface area contributed by atoms with Gasteiger partial charge in [-0.25, -0.2) is 9.97 Å². The molecule has 0 saturated heterocycles. The smallest absolute Gasteiger partial charge is 0.137 e. The van der Waals surface area contributed by atoms with Crippen molar-refractivity contribution in [2.75, 3.05) is 5.32 Å². The zero-order valence-electron chi connectivity index (χ0n) is 11.6. The number of nitrogens with zero attached hydrogens (tertiary/aromatic N) is 3. The van der Waals surface area contributed by atoms with E-state index in [2.05, 4.69) is 45.6 Å². The minimum atomic E-state index is 0.391. The van der Waals surface area contributed by atoms with Gasteiger partial charge < -0.3 is 5.32 Å². The lowest BCUT2D eigenvalue weighted by molar-refractivity contribution is 0.761. The first-order valence-electron chi connectivity index (χ1n) is 7.19. The third kappa shape index (κ3) is 2.29. The molecule has 2 heterocycles. The standard InChI is InChI=1S/C17H16N4/c1-2-4-15-13(3-1)5-7-16(15)20-14-6-8-17(19-11-14)21-10-9-18-12-21/h1-4,6,8-12,16,20H,5,7H2. The van der Waals surface area contributed by atoms with Crippen molar-refractivity contribution in [1.29, 1.82) is 0 Å². The molecule has 1 unspecified atom stereocenters. The SMILES string of the molecule is c1ccc2c(c1)CCC2Nc1ccc(-n2ccnc2)nc1. The molecule has 1 aliphatic carbocycles. The molecule has 4 nitrogen and oxygen atoms in total. The van der Waals surface area contributed by atoms with E-state index in [-0.39, 0.29) is 0 Å². The van der Waals surface area contributed by atoms with Crippen LogP contribution in [0.1, 0.15) is 23.6 Å². The highest BCUT2D eigenvalue weighted by molar-refractivity contribution is 5.48. The molecule has 1 N–H and O–H groups in total. The van der Waals surface area contributed by atoms with Crippen molar-refractivity contribution in [1.82, 2.24) is 14.5 Å². The van der Waals surface area contributed by atoms with E-state index in [0.717, 1.165) is 24.3 Å². The summed E-state index contributed by atoms with van der Waals surface area (Å²) < 4.78 is 1.90. The van der Waals surface area contributed by atoms with E-state index < -0.39 is 0 Å². The number of benzene rings is 1. The molecule has 0 radical (unpaired) electrons. The summed E-state index contributed by atoms with van der Waals surface area (Å²) in [5.74, 6) is 0.880. The van der Waals surface area contributed by atoms with E-state index in [1.807, 2.05) is 23.0 Å². The van der Waals surface area contributed by atoms with Gasteiger partial charge in [-0.2, -0.15) is 0 Å². The van der Waals surface area contributed by atoms with Gasteiger partial charge in [0.1, 0.15) is 12.1 Å². The molecule has 0 aliphatic heterocycles. The number of aromatic nitrogens is 3. The third-order valence-electron chi connectivity index (χ3n) is 3.99. The van der Waals surface area contributed by atoms with Crippen LogP contribution in [0.3, 0.4) is 0 Å². The molecular formula is C17H16N4. The molecular weight excluding hydrogens is 260 g/mol. The minimum Gasteiger partial charge on any atom is -0.377 e. The number of imidazole rings is 1. The number of hydrogen-bond donors (Lipinski definition) is 1. The normalized spacial score (nSPS) is 16.7. The Hall–Kier alpha value is -2.62. The second-order valence-corrected chi connectivity index (χ2v) is 5.31. The molecule has 0 spiro atoms. The minimum absolute atomic E-state index is 0.391. The van der Waals surface area contributed by atoms with E-state index in [1.54, 1.807) is 12.5 Å². The predicted molar refractivity (Wildman–Crippen MR) is 82.5 cm³/mol. The maximum absolute atomic E-state index is 4.48. The topological polar surface area (TPSA) is 42.7 Å². The lowest BCUT2D eigenvalue weighted by Gasteiger charge is -2.15. The average Bonchev–Trinajstić information content (AvgIpc) is 3.19. The van der Waals surface area contributed by atoms with Crippen LogP contribution in [0.5, 0.6) is 0 Å². The lowest BCUT2D eigenvalue weighted by Crippen LogP contribution is -2.07. The van der Waals surface area contributed by atoms with Gasteiger partial charge in [0.2, 0.25) is 0 Å². The quantitative estimate of drug-likeness (QED) is 0.797. The van der Waals surface area contributed by atoms with Crippen molar-refractivity contribution in [3.8, 4) is 5.82 Å². The number of pyridine rings is 1. The van der Waals surface area contributed by atoms with Gasteiger partial charge in [0.25, 0.3) is 0 Å². The molecule has 4 rings (SSSR count). The Morgan fingerprint density at radius 2 is 2.10 bits per heavy atom. The number of fused-ring (bicyclic) bond motifs is 1. The van der Waals surface area contributed by atoms with Gasteiger partial charge in [-0.3, -0.25) is 4.57 Å². The second-order valence-electron chi connectivity index (χ2n) is 5.31. The number of rotatable bonds is 3. The summed E-state index contributed by atoms with van der Waals surface area (Å²) in [6.07, 6.45) is 9.57. The predicted octanol–water partition coefficient (Wildman–Crippen LogP) is 3.37. The van der Waals surface area contributed by atoms with Crippen molar-refractivity contribution in [3.05, 3.63) is 72.4 Å². The number of nitrogens with one attached hydrogen (secondary N) is 1. The van der Waals surface area contributed by atoms with Crippen LogP contribution in [0.2, 0.25) is 0 Å². The van der Waals surface area contributed by atoms with Gasteiger partial charge in [0.15, 0.2) is 0 Å². The van der Waals surface area contributed by atoms with Crippen molar-refractivity contribution >= 4 is 5.69 Å². The molecule has 0 bridgehead atoms. The lowest BCUT2D eigenvalue weighted by atomic mass is 10.1. The zero-order chi connectivity index (χ0) is 14.1. The number of hydrogen-bond acceptors (Lipinski definition) is 3. The first-order chi connectivity index (χ1) is 10.4. The van der Waals surface area contributed by atoms with Gasteiger partial charge in [0.05, 0.1) is 17.9 Å². The van der Waals surface area contributed by atoms with Crippen LogP contribution in [-0.4, -0.2) is 14.5 Å². The Labute approximate surface area is 123 Å². The molecule has 1 aromatic carbocycles. The maximum Gasteiger partial charge on any atom is 0.137 e. The van der Waals surface area contributed by atoms with Crippen LogP contribution < -0.4 is 5.32 Å². The van der Waals surface area contributed by atoms with E-state index in [0.29, 0.717) is 6.04 Å². The molecule has 0 amide bonds. The summed E-state index contributed by atoms with van der Waals surface area (Å²) in [7, 11) is 0.